The van der Waals surface area contributed by atoms with Crippen molar-refractivity contribution in [3.05, 3.63) is 22.4 Å². The van der Waals surface area contributed by atoms with Crippen molar-refractivity contribution in [2.75, 3.05) is 13.1 Å². The van der Waals surface area contributed by atoms with E-state index in [1.54, 1.807) is 23.3 Å². The third-order valence-electron chi connectivity index (χ3n) is 2.59. The Hall–Kier alpha value is -1.40. The van der Waals surface area contributed by atoms with Gasteiger partial charge in [0.15, 0.2) is 0 Å². The number of amides is 2. The largest absolute Gasteiger partial charge is 0.392 e. The Balaban J connectivity index is 2.51. The Morgan fingerprint density at radius 3 is 2.58 bits per heavy atom. The Labute approximate surface area is 117 Å². The number of nitrogens with one attached hydrogen (secondary N) is 1. The average Bonchev–Trinajstić information content (AvgIpc) is 2.85. The maximum atomic E-state index is 12.0. The molecule has 0 aliphatic carbocycles. The van der Waals surface area contributed by atoms with Gasteiger partial charge in [-0.2, -0.15) is 11.3 Å². The minimum atomic E-state index is -0.584. The van der Waals surface area contributed by atoms with Gasteiger partial charge in [-0.25, -0.2) is 0 Å². The molecule has 0 aromatic carbocycles. The zero-order valence-corrected chi connectivity index (χ0v) is 12.2. The van der Waals surface area contributed by atoms with Gasteiger partial charge < -0.3 is 15.3 Å². The normalized spacial score (nSPS) is 12.3. The molecule has 6 heteroatoms. The lowest BCUT2D eigenvalue weighted by Gasteiger charge is -2.28. The molecule has 0 aliphatic rings. The SMILES string of the molecule is CC(O)CN(C(=O)CNC(=O)c1ccsc1)C(C)C. The van der Waals surface area contributed by atoms with Crippen LogP contribution in [0.25, 0.3) is 0 Å². The Morgan fingerprint density at radius 2 is 2.11 bits per heavy atom. The molecule has 0 saturated carbocycles. The van der Waals surface area contributed by atoms with Crippen molar-refractivity contribution in [3.63, 3.8) is 0 Å². The minimum absolute atomic E-state index is 0.0138. The highest BCUT2D eigenvalue weighted by atomic mass is 32.1. The number of rotatable bonds is 6. The van der Waals surface area contributed by atoms with Gasteiger partial charge in [0.1, 0.15) is 0 Å². The van der Waals surface area contributed by atoms with E-state index in [0.717, 1.165) is 0 Å². The Bertz CT molecular complexity index is 416. The molecule has 5 nitrogen and oxygen atoms in total. The molecule has 1 heterocycles. The molecule has 0 spiro atoms. The van der Waals surface area contributed by atoms with Crippen LogP contribution in [-0.4, -0.2) is 47.1 Å². The van der Waals surface area contributed by atoms with Gasteiger partial charge in [0.05, 0.1) is 12.6 Å². The number of hydrogen-bond acceptors (Lipinski definition) is 4. The van der Waals surface area contributed by atoms with Crippen LogP contribution < -0.4 is 5.32 Å². The molecule has 0 aliphatic heterocycles. The van der Waals surface area contributed by atoms with Crippen molar-refractivity contribution in [2.45, 2.75) is 32.9 Å². The van der Waals surface area contributed by atoms with Gasteiger partial charge in [-0.1, -0.05) is 0 Å². The second-order valence-electron chi connectivity index (χ2n) is 4.68. The van der Waals surface area contributed by atoms with Gasteiger partial charge in [0, 0.05) is 23.5 Å². The molecule has 2 amide bonds. The van der Waals surface area contributed by atoms with Crippen LogP contribution in [0.1, 0.15) is 31.1 Å². The van der Waals surface area contributed by atoms with E-state index in [1.165, 1.54) is 11.3 Å². The molecule has 106 valence electrons. The van der Waals surface area contributed by atoms with Crippen LogP contribution >= 0.6 is 11.3 Å². The standard InChI is InChI=1S/C13H20N2O3S/c1-9(2)15(7-10(3)16)12(17)6-14-13(18)11-4-5-19-8-11/h4-5,8-10,16H,6-7H2,1-3H3,(H,14,18). The van der Waals surface area contributed by atoms with Gasteiger partial charge in [0.2, 0.25) is 5.91 Å². The molecule has 0 saturated heterocycles. The van der Waals surface area contributed by atoms with E-state index < -0.39 is 6.10 Å². The summed E-state index contributed by atoms with van der Waals surface area (Å²) in [5.41, 5.74) is 0.560. The van der Waals surface area contributed by atoms with Crippen molar-refractivity contribution in [1.82, 2.24) is 10.2 Å². The maximum Gasteiger partial charge on any atom is 0.252 e. The third-order valence-corrected chi connectivity index (χ3v) is 3.27. The van der Waals surface area contributed by atoms with E-state index >= 15 is 0 Å². The first-order valence-corrected chi connectivity index (χ1v) is 7.14. The van der Waals surface area contributed by atoms with E-state index in [4.69, 9.17) is 0 Å². The van der Waals surface area contributed by atoms with Crippen LogP contribution in [0.5, 0.6) is 0 Å². The molecule has 1 aromatic rings. The number of hydrogen-bond donors (Lipinski definition) is 2. The van der Waals surface area contributed by atoms with Gasteiger partial charge in [-0.3, -0.25) is 9.59 Å². The van der Waals surface area contributed by atoms with E-state index in [0.29, 0.717) is 5.56 Å². The second kappa shape index (κ2) is 7.25. The van der Waals surface area contributed by atoms with Crippen LogP contribution in [0, 0.1) is 0 Å². The average molecular weight is 284 g/mol. The first-order chi connectivity index (χ1) is 8.91. The summed E-state index contributed by atoms with van der Waals surface area (Å²) in [6.07, 6.45) is -0.584. The molecular formula is C13H20N2O3S. The van der Waals surface area contributed by atoms with E-state index in [-0.39, 0.29) is 30.9 Å². The van der Waals surface area contributed by atoms with E-state index in [2.05, 4.69) is 5.32 Å². The van der Waals surface area contributed by atoms with E-state index in [1.807, 2.05) is 19.2 Å². The molecule has 0 fully saturated rings. The molecule has 19 heavy (non-hydrogen) atoms. The maximum absolute atomic E-state index is 12.0. The van der Waals surface area contributed by atoms with Crippen LogP contribution in [0.4, 0.5) is 0 Å². The number of aliphatic hydroxyl groups is 1. The summed E-state index contributed by atoms with van der Waals surface area (Å²) in [6.45, 7) is 5.60. The van der Waals surface area contributed by atoms with Gasteiger partial charge in [0.25, 0.3) is 5.91 Å². The summed E-state index contributed by atoms with van der Waals surface area (Å²) >= 11 is 1.43. The zero-order valence-electron chi connectivity index (χ0n) is 11.4. The molecular weight excluding hydrogens is 264 g/mol. The summed E-state index contributed by atoms with van der Waals surface area (Å²) in [4.78, 5) is 25.3. The smallest absolute Gasteiger partial charge is 0.252 e. The van der Waals surface area contributed by atoms with Crippen molar-refractivity contribution in [2.24, 2.45) is 0 Å². The van der Waals surface area contributed by atoms with Crippen LogP contribution in [0.15, 0.2) is 16.8 Å². The molecule has 1 unspecified atom stereocenters. The first-order valence-electron chi connectivity index (χ1n) is 6.19. The van der Waals surface area contributed by atoms with Crippen molar-refractivity contribution >= 4 is 23.2 Å². The molecule has 2 N–H and O–H groups in total. The predicted octanol–water partition coefficient (Wildman–Crippen LogP) is 1.10. The Morgan fingerprint density at radius 1 is 1.42 bits per heavy atom. The second-order valence-corrected chi connectivity index (χ2v) is 5.46. The number of thiophene rings is 1. The molecule has 1 aromatic heterocycles. The topological polar surface area (TPSA) is 69.6 Å². The Kier molecular flexibility index (Phi) is 5.98. The lowest BCUT2D eigenvalue weighted by molar-refractivity contribution is -0.133. The van der Waals surface area contributed by atoms with Crippen molar-refractivity contribution in [1.29, 1.82) is 0 Å². The van der Waals surface area contributed by atoms with Gasteiger partial charge >= 0.3 is 0 Å². The summed E-state index contributed by atoms with van der Waals surface area (Å²) in [7, 11) is 0. The summed E-state index contributed by atoms with van der Waals surface area (Å²) in [5.74, 6) is -0.449. The fraction of sp³-hybridized carbons (Fsp3) is 0.538. The fourth-order valence-electron chi connectivity index (χ4n) is 1.64. The minimum Gasteiger partial charge on any atom is -0.392 e. The summed E-state index contributed by atoms with van der Waals surface area (Å²) in [6, 6.07) is 1.70. The molecule has 1 rings (SSSR count). The van der Waals surface area contributed by atoms with Gasteiger partial charge in [-0.05, 0) is 32.2 Å². The van der Waals surface area contributed by atoms with Crippen LogP contribution in [0.2, 0.25) is 0 Å². The monoisotopic (exact) mass is 284 g/mol. The van der Waals surface area contributed by atoms with Crippen LogP contribution in [0.3, 0.4) is 0 Å². The van der Waals surface area contributed by atoms with Crippen molar-refractivity contribution in [3.8, 4) is 0 Å². The highest BCUT2D eigenvalue weighted by Crippen LogP contribution is 2.05. The number of aliphatic hydroxyl groups excluding tert-OH is 1. The van der Waals surface area contributed by atoms with E-state index in [9.17, 15) is 14.7 Å². The lowest BCUT2D eigenvalue weighted by Crippen LogP contribution is -2.46. The predicted molar refractivity (Wildman–Crippen MR) is 75.2 cm³/mol. The molecule has 0 radical (unpaired) electrons. The van der Waals surface area contributed by atoms with Crippen LogP contribution in [-0.2, 0) is 4.79 Å². The van der Waals surface area contributed by atoms with Crippen molar-refractivity contribution < 1.29 is 14.7 Å². The first kappa shape index (κ1) is 15.7. The molecule has 1 atom stereocenters. The number of carbonyl (C=O) groups is 2. The highest BCUT2D eigenvalue weighted by Gasteiger charge is 2.19. The number of carbonyl (C=O) groups excluding carboxylic acids is 2. The molecule has 0 bridgehead atoms. The summed E-state index contributed by atoms with van der Waals surface area (Å²) < 4.78 is 0. The quantitative estimate of drug-likeness (QED) is 0.821. The summed E-state index contributed by atoms with van der Waals surface area (Å²) in [5, 5.41) is 15.5. The third kappa shape index (κ3) is 5.00. The fourth-order valence-corrected chi connectivity index (χ4v) is 2.27. The number of nitrogens with zero attached hydrogens (tertiary/aromatic N) is 1. The highest BCUT2D eigenvalue weighted by molar-refractivity contribution is 7.08. The lowest BCUT2D eigenvalue weighted by atomic mass is 10.2. The van der Waals surface area contributed by atoms with Gasteiger partial charge in [-0.15, -0.1) is 0 Å². The zero-order chi connectivity index (χ0) is 14.4.